The summed E-state index contributed by atoms with van der Waals surface area (Å²) in [6.07, 6.45) is 3.48. The third-order valence-corrected chi connectivity index (χ3v) is 4.78. The standard InChI is InChI=1S/C19H20FNO3/c20-14-6-4-13(5-7-14)17(21-10-2-1-3-11-21)15-8-9-16-19(18(15)22)24-12-23-16/h4-9,17,22H,1-3,10-12H2. The molecule has 0 saturated carbocycles. The van der Waals surface area contributed by atoms with Crippen molar-refractivity contribution >= 4 is 0 Å². The largest absolute Gasteiger partial charge is 0.504 e. The van der Waals surface area contributed by atoms with Gasteiger partial charge in [0.1, 0.15) is 5.82 Å². The number of aromatic hydroxyl groups is 1. The molecule has 2 heterocycles. The average Bonchev–Trinajstić information content (AvgIpc) is 3.09. The zero-order valence-corrected chi connectivity index (χ0v) is 13.4. The van der Waals surface area contributed by atoms with Gasteiger partial charge >= 0.3 is 0 Å². The van der Waals surface area contributed by atoms with Gasteiger partial charge in [0.05, 0.1) is 6.04 Å². The van der Waals surface area contributed by atoms with Gasteiger partial charge in [-0.25, -0.2) is 4.39 Å². The second kappa shape index (κ2) is 6.32. The van der Waals surface area contributed by atoms with Crippen LogP contribution in [-0.4, -0.2) is 29.9 Å². The SMILES string of the molecule is Oc1c(C(c2ccc(F)cc2)N2CCCCC2)ccc2c1OCO2. The summed E-state index contributed by atoms with van der Waals surface area (Å²) in [5.41, 5.74) is 1.74. The minimum atomic E-state index is -0.258. The van der Waals surface area contributed by atoms with E-state index >= 15 is 0 Å². The van der Waals surface area contributed by atoms with Crippen LogP contribution in [0.2, 0.25) is 0 Å². The van der Waals surface area contributed by atoms with Crippen molar-refractivity contribution in [1.29, 1.82) is 0 Å². The molecule has 0 radical (unpaired) electrons. The fourth-order valence-electron chi connectivity index (χ4n) is 3.60. The third-order valence-electron chi connectivity index (χ3n) is 4.78. The van der Waals surface area contributed by atoms with Gasteiger partial charge in [0.2, 0.25) is 12.5 Å². The maximum atomic E-state index is 13.4. The Balaban J connectivity index is 1.79. The number of likely N-dealkylation sites (tertiary alicyclic amines) is 1. The summed E-state index contributed by atoms with van der Waals surface area (Å²) in [6.45, 7) is 2.03. The molecular weight excluding hydrogens is 309 g/mol. The van der Waals surface area contributed by atoms with Crippen LogP contribution >= 0.6 is 0 Å². The van der Waals surface area contributed by atoms with Crippen LogP contribution in [0.4, 0.5) is 4.39 Å². The van der Waals surface area contributed by atoms with Gasteiger partial charge in [0.25, 0.3) is 0 Å². The molecule has 1 atom stereocenters. The molecule has 1 saturated heterocycles. The molecule has 2 aromatic carbocycles. The Morgan fingerprint density at radius 1 is 0.958 bits per heavy atom. The molecule has 0 aromatic heterocycles. The fourth-order valence-corrected chi connectivity index (χ4v) is 3.60. The number of hydrogen-bond donors (Lipinski definition) is 1. The first-order valence-corrected chi connectivity index (χ1v) is 8.35. The molecule has 1 unspecified atom stereocenters. The first kappa shape index (κ1) is 15.3. The van der Waals surface area contributed by atoms with Crippen molar-refractivity contribution in [2.45, 2.75) is 25.3 Å². The van der Waals surface area contributed by atoms with E-state index in [-0.39, 0.29) is 24.4 Å². The molecule has 5 heteroatoms. The molecule has 1 fully saturated rings. The van der Waals surface area contributed by atoms with Crippen LogP contribution in [0.5, 0.6) is 17.2 Å². The predicted molar refractivity (Wildman–Crippen MR) is 87.9 cm³/mol. The highest BCUT2D eigenvalue weighted by molar-refractivity contribution is 5.58. The Bertz CT molecular complexity index is 726. The van der Waals surface area contributed by atoms with Crippen molar-refractivity contribution in [1.82, 2.24) is 4.90 Å². The number of halogens is 1. The lowest BCUT2D eigenvalue weighted by Gasteiger charge is -2.35. The van der Waals surface area contributed by atoms with Gasteiger partial charge < -0.3 is 14.6 Å². The Labute approximate surface area is 140 Å². The van der Waals surface area contributed by atoms with Crippen LogP contribution in [0.25, 0.3) is 0 Å². The number of fused-ring (bicyclic) bond motifs is 1. The van der Waals surface area contributed by atoms with E-state index in [4.69, 9.17) is 9.47 Å². The zero-order valence-electron chi connectivity index (χ0n) is 13.4. The van der Waals surface area contributed by atoms with Crippen LogP contribution in [0.15, 0.2) is 36.4 Å². The highest BCUT2D eigenvalue weighted by Gasteiger charge is 2.30. The predicted octanol–water partition coefficient (Wildman–Crippen LogP) is 3.84. The highest BCUT2D eigenvalue weighted by Crippen LogP contribution is 2.47. The van der Waals surface area contributed by atoms with Gasteiger partial charge in [-0.05, 0) is 55.8 Å². The molecule has 0 amide bonds. The Kier molecular flexibility index (Phi) is 4.02. The Hall–Kier alpha value is -2.27. The number of benzene rings is 2. The summed E-state index contributed by atoms with van der Waals surface area (Å²) in [4.78, 5) is 2.34. The second-order valence-corrected chi connectivity index (χ2v) is 6.29. The maximum absolute atomic E-state index is 13.4. The summed E-state index contributed by atoms with van der Waals surface area (Å²) in [5.74, 6) is 0.820. The Morgan fingerprint density at radius 2 is 1.71 bits per heavy atom. The van der Waals surface area contributed by atoms with Gasteiger partial charge in [0, 0.05) is 5.56 Å². The summed E-state index contributed by atoms with van der Waals surface area (Å²) in [7, 11) is 0. The minimum absolute atomic E-state index is 0.116. The van der Waals surface area contributed by atoms with E-state index in [1.807, 2.05) is 12.1 Å². The fraction of sp³-hybridized carbons (Fsp3) is 0.368. The number of ether oxygens (including phenoxy) is 2. The van der Waals surface area contributed by atoms with Crippen molar-refractivity contribution in [3.63, 3.8) is 0 Å². The smallest absolute Gasteiger partial charge is 0.231 e. The maximum Gasteiger partial charge on any atom is 0.231 e. The van der Waals surface area contributed by atoms with E-state index in [1.54, 1.807) is 12.1 Å². The lowest BCUT2D eigenvalue weighted by Crippen LogP contribution is -2.34. The summed E-state index contributed by atoms with van der Waals surface area (Å²) >= 11 is 0. The topological polar surface area (TPSA) is 41.9 Å². The van der Waals surface area contributed by atoms with Gasteiger partial charge in [-0.15, -0.1) is 0 Å². The molecule has 24 heavy (non-hydrogen) atoms. The van der Waals surface area contributed by atoms with Crippen LogP contribution in [0.1, 0.15) is 36.4 Å². The van der Waals surface area contributed by atoms with Crippen LogP contribution in [0.3, 0.4) is 0 Å². The molecule has 0 spiro atoms. The van der Waals surface area contributed by atoms with E-state index in [9.17, 15) is 9.50 Å². The summed E-state index contributed by atoms with van der Waals surface area (Å²) in [6, 6.07) is 10.1. The minimum Gasteiger partial charge on any atom is -0.504 e. The number of phenols is 1. The van der Waals surface area contributed by atoms with E-state index in [1.165, 1.54) is 18.6 Å². The molecule has 126 valence electrons. The van der Waals surface area contributed by atoms with E-state index in [0.29, 0.717) is 11.5 Å². The van der Waals surface area contributed by atoms with Crippen LogP contribution in [-0.2, 0) is 0 Å². The molecule has 2 aliphatic rings. The van der Waals surface area contributed by atoms with Crippen molar-refractivity contribution in [3.05, 3.63) is 53.3 Å². The second-order valence-electron chi connectivity index (χ2n) is 6.29. The molecule has 0 bridgehead atoms. The number of piperidine rings is 1. The molecule has 4 nitrogen and oxygen atoms in total. The van der Waals surface area contributed by atoms with E-state index in [2.05, 4.69) is 4.90 Å². The molecule has 1 N–H and O–H groups in total. The van der Waals surface area contributed by atoms with Crippen molar-refractivity contribution < 1.29 is 19.0 Å². The molecule has 2 aliphatic heterocycles. The van der Waals surface area contributed by atoms with Gasteiger partial charge in [-0.3, -0.25) is 4.90 Å². The Morgan fingerprint density at radius 3 is 2.46 bits per heavy atom. The van der Waals surface area contributed by atoms with Crippen molar-refractivity contribution in [2.24, 2.45) is 0 Å². The quantitative estimate of drug-likeness (QED) is 0.929. The molecule has 2 aromatic rings. The van der Waals surface area contributed by atoms with Gasteiger partial charge in [0.15, 0.2) is 11.5 Å². The van der Waals surface area contributed by atoms with Crippen LogP contribution in [0, 0.1) is 5.82 Å². The number of phenolic OH excluding ortho intramolecular Hbond substituents is 1. The average molecular weight is 329 g/mol. The summed E-state index contributed by atoms with van der Waals surface area (Å²) in [5, 5.41) is 10.7. The normalized spacial score (nSPS) is 18.5. The summed E-state index contributed by atoms with van der Waals surface area (Å²) < 4.78 is 24.1. The van der Waals surface area contributed by atoms with E-state index in [0.717, 1.165) is 37.1 Å². The lowest BCUT2D eigenvalue weighted by molar-refractivity contribution is 0.169. The van der Waals surface area contributed by atoms with Gasteiger partial charge in [-0.1, -0.05) is 18.6 Å². The number of rotatable bonds is 3. The third kappa shape index (κ3) is 2.69. The monoisotopic (exact) mass is 329 g/mol. The zero-order chi connectivity index (χ0) is 16.5. The first-order valence-electron chi connectivity index (χ1n) is 8.35. The van der Waals surface area contributed by atoms with E-state index < -0.39 is 0 Å². The number of hydrogen-bond acceptors (Lipinski definition) is 4. The first-order chi connectivity index (χ1) is 11.7. The number of nitrogens with zero attached hydrogens (tertiary/aromatic N) is 1. The van der Waals surface area contributed by atoms with Crippen molar-refractivity contribution in [2.75, 3.05) is 19.9 Å². The van der Waals surface area contributed by atoms with Crippen molar-refractivity contribution in [3.8, 4) is 17.2 Å². The molecule has 4 rings (SSSR count). The van der Waals surface area contributed by atoms with Gasteiger partial charge in [-0.2, -0.15) is 0 Å². The molecule has 0 aliphatic carbocycles. The molecular formula is C19H20FNO3. The lowest BCUT2D eigenvalue weighted by atomic mass is 9.94. The van der Waals surface area contributed by atoms with Crippen LogP contribution < -0.4 is 9.47 Å². The highest BCUT2D eigenvalue weighted by atomic mass is 19.1.